The number of nitrogens with one attached hydrogen (secondary N) is 1. The van der Waals surface area contributed by atoms with Crippen molar-refractivity contribution in [1.82, 2.24) is 4.57 Å². The summed E-state index contributed by atoms with van der Waals surface area (Å²) in [5, 5.41) is 3.35. The van der Waals surface area contributed by atoms with Gasteiger partial charge in [-0.2, -0.15) is 0 Å². The third-order valence-corrected chi connectivity index (χ3v) is 4.73. The number of hydrogen-bond acceptors (Lipinski definition) is 4. The van der Waals surface area contributed by atoms with Crippen LogP contribution in [0.15, 0.2) is 60.9 Å². The van der Waals surface area contributed by atoms with Crippen LogP contribution >= 0.6 is 11.6 Å². The van der Waals surface area contributed by atoms with Crippen LogP contribution in [0.3, 0.4) is 0 Å². The van der Waals surface area contributed by atoms with Crippen LogP contribution < -0.4 is 10.1 Å². The number of halogens is 1. The normalized spacial score (nSPS) is 10.8. The van der Waals surface area contributed by atoms with Gasteiger partial charge in [0, 0.05) is 30.8 Å². The molecule has 2 aromatic carbocycles. The molecule has 0 atom stereocenters. The molecule has 0 aliphatic carbocycles. The zero-order chi connectivity index (χ0) is 21.3. The first kappa shape index (κ1) is 21.9. The van der Waals surface area contributed by atoms with Crippen LogP contribution in [0.4, 0.5) is 5.69 Å². The van der Waals surface area contributed by atoms with Gasteiger partial charge in [0.1, 0.15) is 5.75 Å². The SMILES string of the molecule is CCOCCOCc1cccc(NC(=O)c2cc(Cl)c(-n3cccc3)cc2OC)c1. The van der Waals surface area contributed by atoms with E-state index in [1.54, 1.807) is 12.1 Å². The third kappa shape index (κ3) is 5.63. The molecule has 0 saturated heterocycles. The molecule has 1 amide bonds. The van der Waals surface area contributed by atoms with Crippen molar-refractivity contribution in [2.45, 2.75) is 13.5 Å². The molecule has 0 fully saturated rings. The summed E-state index contributed by atoms with van der Waals surface area (Å²) in [6.45, 7) is 4.14. The molecule has 30 heavy (non-hydrogen) atoms. The first-order valence-electron chi connectivity index (χ1n) is 9.69. The molecular weight excluding hydrogens is 404 g/mol. The van der Waals surface area contributed by atoms with E-state index in [-0.39, 0.29) is 5.91 Å². The van der Waals surface area contributed by atoms with E-state index in [2.05, 4.69) is 5.32 Å². The lowest BCUT2D eigenvalue weighted by molar-refractivity contribution is 0.0453. The minimum atomic E-state index is -0.303. The molecule has 7 heteroatoms. The number of carbonyl (C=O) groups is 1. The van der Waals surface area contributed by atoms with E-state index in [9.17, 15) is 4.79 Å². The molecule has 1 N–H and O–H groups in total. The van der Waals surface area contributed by atoms with Crippen molar-refractivity contribution >= 4 is 23.2 Å². The van der Waals surface area contributed by atoms with Crippen molar-refractivity contribution in [3.63, 3.8) is 0 Å². The van der Waals surface area contributed by atoms with Crippen molar-refractivity contribution in [3.8, 4) is 11.4 Å². The second kappa shape index (κ2) is 10.8. The monoisotopic (exact) mass is 428 g/mol. The molecule has 0 saturated carbocycles. The fourth-order valence-corrected chi connectivity index (χ4v) is 3.23. The Kier molecular flexibility index (Phi) is 7.90. The van der Waals surface area contributed by atoms with Gasteiger partial charge in [0.05, 0.1) is 43.2 Å². The van der Waals surface area contributed by atoms with E-state index < -0.39 is 0 Å². The maximum absolute atomic E-state index is 12.9. The lowest BCUT2D eigenvalue weighted by Gasteiger charge is -2.14. The van der Waals surface area contributed by atoms with Gasteiger partial charge in [0.25, 0.3) is 5.91 Å². The highest BCUT2D eigenvalue weighted by atomic mass is 35.5. The van der Waals surface area contributed by atoms with Crippen LogP contribution in [0.5, 0.6) is 5.75 Å². The molecule has 0 spiro atoms. The van der Waals surface area contributed by atoms with E-state index in [0.29, 0.717) is 48.5 Å². The first-order valence-corrected chi connectivity index (χ1v) is 10.1. The number of anilines is 1. The maximum Gasteiger partial charge on any atom is 0.259 e. The second-order valence-corrected chi connectivity index (χ2v) is 6.91. The number of amides is 1. The van der Waals surface area contributed by atoms with Crippen molar-refractivity contribution in [3.05, 3.63) is 77.1 Å². The molecule has 0 aliphatic heterocycles. The van der Waals surface area contributed by atoms with Gasteiger partial charge in [-0.05, 0) is 42.8 Å². The Morgan fingerprint density at radius 3 is 2.57 bits per heavy atom. The number of hydrogen-bond donors (Lipinski definition) is 1. The summed E-state index contributed by atoms with van der Waals surface area (Å²) in [6, 6.07) is 14.7. The van der Waals surface area contributed by atoms with Crippen molar-refractivity contribution in [2.24, 2.45) is 0 Å². The Hall–Kier alpha value is -2.80. The molecule has 0 unspecified atom stereocenters. The van der Waals surface area contributed by atoms with E-state index in [1.165, 1.54) is 7.11 Å². The van der Waals surface area contributed by atoms with Crippen LogP contribution in [-0.4, -0.2) is 37.4 Å². The highest BCUT2D eigenvalue weighted by Crippen LogP contribution is 2.30. The lowest BCUT2D eigenvalue weighted by atomic mass is 10.1. The van der Waals surface area contributed by atoms with E-state index >= 15 is 0 Å². The standard InChI is InChI=1S/C23H25ClN2O4/c1-3-29-11-12-30-16-17-7-6-8-18(13-17)25-23(27)19-14-20(24)21(15-22(19)28-2)26-9-4-5-10-26/h4-10,13-15H,3,11-12,16H2,1-2H3,(H,25,27). The lowest BCUT2D eigenvalue weighted by Crippen LogP contribution is -2.14. The number of rotatable bonds is 10. The molecule has 0 radical (unpaired) electrons. The van der Waals surface area contributed by atoms with E-state index in [0.717, 1.165) is 11.3 Å². The number of methoxy groups -OCH3 is 1. The Morgan fingerprint density at radius 1 is 1.07 bits per heavy atom. The summed E-state index contributed by atoms with van der Waals surface area (Å²) >= 11 is 6.43. The van der Waals surface area contributed by atoms with Crippen molar-refractivity contribution < 1.29 is 19.0 Å². The Bertz CT molecular complexity index is 973. The number of ether oxygens (including phenoxy) is 3. The van der Waals surface area contributed by atoms with Crippen LogP contribution in [-0.2, 0) is 16.1 Å². The first-order chi connectivity index (χ1) is 14.6. The van der Waals surface area contributed by atoms with Gasteiger partial charge in [-0.25, -0.2) is 0 Å². The summed E-state index contributed by atoms with van der Waals surface area (Å²) in [7, 11) is 1.53. The molecule has 158 valence electrons. The van der Waals surface area contributed by atoms with E-state index in [1.807, 2.05) is 60.3 Å². The predicted octanol–water partition coefficient (Wildman–Crippen LogP) is 4.94. The summed E-state index contributed by atoms with van der Waals surface area (Å²) in [5.41, 5.74) is 2.72. The average Bonchev–Trinajstić information content (AvgIpc) is 3.28. The minimum Gasteiger partial charge on any atom is -0.496 e. The molecule has 0 bridgehead atoms. The van der Waals surface area contributed by atoms with Crippen LogP contribution in [0, 0.1) is 0 Å². The van der Waals surface area contributed by atoms with Gasteiger partial charge in [-0.1, -0.05) is 23.7 Å². The summed E-state index contributed by atoms with van der Waals surface area (Å²) in [4.78, 5) is 12.9. The fourth-order valence-electron chi connectivity index (χ4n) is 2.97. The minimum absolute atomic E-state index is 0.303. The molecular formula is C23H25ClN2O4. The summed E-state index contributed by atoms with van der Waals surface area (Å²) < 4.78 is 18.1. The van der Waals surface area contributed by atoms with Gasteiger partial charge in [0.2, 0.25) is 0 Å². The molecule has 0 aliphatic rings. The Labute approximate surface area is 181 Å². The topological polar surface area (TPSA) is 61.7 Å². The van der Waals surface area contributed by atoms with Crippen LogP contribution in [0.2, 0.25) is 5.02 Å². The number of nitrogens with zero attached hydrogens (tertiary/aromatic N) is 1. The summed E-state index contributed by atoms with van der Waals surface area (Å²) in [6.07, 6.45) is 3.75. The van der Waals surface area contributed by atoms with Crippen LogP contribution in [0.1, 0.15) is 22.8 Å². The molecule has 3 aromatic rings. The summed E-state index contributed by atoms with van der Waals surface area (Å²) in [5.74, 6) is 0.137. The largest absolute Gasteiger partial charge is 0.496 e. The number of aromatic nitrogens is 1. The molecule has 1 aromatic heterocycles. The van der Waals surface area contributed by atoms with Gasteiger partial charge in [-0.15, -0.1) is 0 Å². The Balaban J connectivity index is 1.71. The second-order valence-electron chi connectivity index (χ2n) is 6.50. The molecule has 1 heterocycles. The quantitative estimate of drug-likeness (QED) is 0.464. The fraction of sp³-hybridized carbons (Fsp3) is 0.261. The Morgan fingerprint density at radius 2 is 1.83 bits per heavy atom. The van der Waals surface area contributed by atoms with Crippen molar-refractivity contribution in [2.75, 3.05) is 32.2 Å². The van der Waals surface area contributed by atoms with Gasteiger partial charge in [0.15, 0.2) is 0 Å². The van der Waals surface area contributed by atoms with Gasteiger partial charge < -0.3 is 24.1 Å². The number of carbonyl (C=O) groups excluding carboxylic acids is 1. The van der Waals surface area contributed by atoms with Crippen molar-refractivity contribution in [1.29, 1.82) is 0 Å². The number of benzene rings is 2. The highest BCUT2D eigenvalue weighted by molar-refractivity contribution is 6.33. The van der Waals surface area contributed by atoms with Gasteiger partial charge >= 0.3 is 0 Å². The zero-order valence-electron chi connectivity index (χ0n) is 17.1. The smallest absolute Gasteiger partial charge is 0.259 e. The predicted molar refractivity (Wildman–Crippen MR) is 118 cm³/mol. The van der Waals surface area contributed by atoms with Gasteiger partial charge in [-0.3, -0.25) is 4.79 Å². The average molecular weight is 429 g/mol. The molecule has 6 nitrogen and oxygen atoms in total. The third-order valence-electron chi connectivity index (χ3n) is 4.43. The zero-order valence-corrected chi connectivity index (χ0v) is 17.8. The molecule has 3 rings (SSSR count). The maximum atomic E-state index is 12.9. The highest BCUT2D eigenvalue weighted by Gasteiger charge is 2.17. The van der Waals surface area contributed by atoms with Crippen LogP contribution in [0.25, 0.3) is 5.69 Å². The van der Waals surface area contributed by atoms with E-state index in [4.69, 9.17) is 25.8 Å².